The molecule has 1 aliphatic rings. The molecule has 2 rings (SSSR count). The van der Waals surface area contributed by atoms with Gasteiger partial charge in [0.1, 0.15) is 0 Å². The van der Waals surface area contributed by atoms with Crippen LogP contribution < -0.4 is 4.90 Å². The van der Waals surface area contributed by atoms with Gasteiger partial charge < -0.3 is 4.90 Å². The largest absolute Gasteiger partial charge is 0.343 e. The van der Waals surface area contributed by atoms with Crippen LogP contribution in [0.25, 0.3) is 0 Å². The Kier molecular flexibility index (Phi) is 3.03. The SMILES string of the molecule is CC1=CC=CN(c2ccc(Cl)cc2Cl)C1. The third kappa shape index (κ3) is 2.36. The van der Waals surface area contributed by atoms with E-state index in [0.29, 0.717) is 10.0 Å². The Hall–Kier alpha value is -0.920. The Morgan fingerprint density at radius 1 is 1.27 bits per heavy atom. The Bertz CT molecular complexity index is 435. The lowest BCUT2D eigenvalue weighted by Gasteiger charge is -2.24. The van der Waals surface area contributed by atoms with Gasteiger partial charge in [0, 0.05) is 17.8 Å². The average Bonchev–Trinajstić information content (AvgIpc) is 2.17. The van der Waals surface area contributed by atoms with Crippen LogP contribution in [0.5, 0.6) is 0 Å². The lowest BCUT2D eigenvalue weighted by atomic mass is 10.2. The average molecular weight is 240 g/mol. The highest BCUT2D eigenvalue weighted by molar-refractivity contribution is 6.36. The summed E-state index contributed by atoms with van der Waals surface area (Å²) in [4.78, 5) is 2.11. The first kappa shape index (κ1) is 10.6. The van der Waals surface area contributed by atoms with Crippen LogP contribution in [0.4, 0.5) is 5.69 Å². The van der Waals surface area contributed by atoms with Crippen LogP contribution in [0.3, 0.4) is 0 Å². The fourth-order valence-electron chi connectivity index (χ4n) is 1.56. The molecule has 0 N–H and O–H groups in total. The summed E-state index contributed by atoms with van der Waals surface area (Å²) < 4.78 is 0. The van der Waals surface area contributed by atoms with Crippen molar-refractivity contribution in [2.24, 2.45) is 0 Å². The predicted octanol–water partition coefficient (Wildman–Crippen LogP) is 4.27. The van der Waals surface area contributed by atoms with E-state index in [0.717, 1.165) is 12.2 Å². The molecule has 1 heterocycles. The number of hydrogen-bond donors (Lipinski definition) is 0. The molecular formula is C12H11Cl2N. The van der Waals surface area contributed by atoms with Gasteiger partial charge in [0.2, 0.25) is 0 Å². The van der Waals surface area contributed by atoms with Crippen molar-refractivity contribution in [1.82, 2.24) is 0 Å². The summed E-state index contributed by atoms with van der Waals surface area (Å²) in [5, 5.41) is 1.35. The summed E-state index contributed by atoms with van der Waals surface area (Å²) >= 11 is 12.0. The van der Waals surface area contributed by atoms with Crippen LogP contribution in [-0.2, 0) is 0 Å². The molecule has 0 radical (unpaired) electrons. The number of anilines is 1. The number of halogens is 2. The van der Waals surface area contributed by atoms with E-state index < -0.39 is 0 Å². The van der Waals surface area contributed by atoms with E-state index in [2.05, 4.69) is 17.9 Å². The minimum atomic E-state index is 0.664. The quantitative estimate of drug-likeness (QED) is 0.708. The highest BCUT2D eigenvalue weighted by atomic mass is 35.5. The van der Waals surface area contributed by atoms with Crippen LogP contribution in [0, 0.1) is 0 Å². The van der Waals surface area contributed by atoms with Gasteiger partial charge in [-0.15, -0.1) is 0 Å². The third-order valence-electron chi connectivity index (χ3n) is 2.29. The fourth-order valence-corrected chi connectivity index (χ4v) is 2.08. The van der Waals surface area contributed by atoms with E-state index in [1.807, 2.05) is 24.4 Å². The molecule has 0 bridgehead atoms. The molecule has 15 heavy (non-hydrogen) atoms. The Morgan fingerprint density at radius 3 is 2.73 bits per heavy atom. The summed E-state index contributed by atoms with van der Waals surface area (Å²) in [5.41, 5.74) is 2.30. The molecule has 1 nitrogen and oxygen atoms in total. The number of allylic oxidation sites excluding steroid dienone is 2. The first-order valence-corrected chi connectivity index (χ1v) is 5.48. The minimum absolute atomic E-state index is 0.664. The van der Waals surface area contributed by atoms with Crippen molar-refractivity contribution in [2.75, 3.05) is 11.4 Å². The van der Waals surface area contributed by atoms with Crippen molar-refractivity contribution < 1.29 is 0 Å². The summed E-state index contributed by atoms with van der Waals surface area (Å²) in [6, 6.07) is 5.55. The van der Waals surface area contributed by atoms with E-state index in [1.165, 1.54) is 5.57 Å². The second kappa shape index (κ2) is 4.30. The molecule has 3 heteroatoms. The van der Waals surface area contributed by atoms with Crippen LogP contribution in [-0.4, -0.2) is 6.54 Å². The van der Waals surface area contributed by atoms with Gasteiger partial charge in [-0.1, -0.05) is 34.9 Å². The zero-order chi connectivity index (χ0) is 10.8. The van der Waals surface area contributed by atoms with Crippen molar-refractivity contribution in [2.45, 2.75) is 6.92 Å². The molecule has 0 saturated heterocycles. The predicted molar refractivity (Wildman–Crippen MR) is 66.7 cm³/mol. The number of benzene rings is 1. The normalized spacial score (nSPS) is 15.4. The standard InChI is InChI=1S/C12H11Cl2N/c1-9-3-2-6-15(8-9)12-5-4-10(13)7-11(12)14/h2-7H,8H2,1H3. The molecule has 0 unspecified atom stereocenters. The maximum absolute atomic E-state index is 6.13. The number of rotatable bonds is 1. The molecule has 0 atom stereocenters. The summed E-state index contributed by atoms with van der Waals surface area (Å²) in [5.74, 6) is 0. The first-order chi connectivity index (χ1) is 7.16. The van der Waals surface area contributed by atoms with Gasteiger partial charge in [-0.05, 0) is 31.2 Å². The Morgan fingerprint density at radius 2 is 2.07 bits per heavy atom. The van der Waals surface area contributed by atoms with Gasteiger partial charge in [-0.25, -0.2) is 0 Å². The maximum Gasteiger partial charge on any atom is 0.0657 e. The van der Waals surface area contributed by atoms with Crippen molar-refractivity contribution >= 4 is 28.9 Å². The molecule has 1 aromatic rings. The van der Waals surface area contributed by atoms with E-state index in [4.69, 9.17) is 23.2 Å². The summed E-state index contributed by atoms with van der Waals surface area (Å²) in [6.07, 6.45) is 6.13. The van der Waals surface area contributed by atoms with Crippen LogP contribution >= 0.6 is 23.2 Å². The van der Waals surface area contributed by atoms with E-state index in [1.54, 1.807) is 6.07 Å². The van der Waals surface area contributed by atoms with Crippen molar-refractivity contribution in [3.05, 3.63) is 52.2 Å². The number of hydrogen-bond acceptors (Lipinski definition) is 1. The molecule has 1 aromatic carbocycles. The zero-order valence-electron chi connectivity index (χ0n) is 8.37. The van der Waals surface area contributed by atoms with Gasteiger partial charge in [-0.2, -0.15) is 0 Å². The molecule has 0 amide bonds. The van der Waals surface area contributed by atoms with Crippen molar-refractivity contribution in [1.29, 1.82) is 0 Å². The van der Waals surface area contributed by atoms with Gasteiger partial charge in [-0.3, -0.25) is 0 Å². The molecule has 0 fully saturated rings. The third-order valence-corrected chi connectivity index (χ3v) is 2.82. The summed E-state index contributed by atoms with van der Waals surface area (Å²) in [7, 11) is 0. The van der Waals surface area contributed by atoms with Crippen LogP contribution in [0.2, 0.25) is 10.0 Å². The lowest BCUT2D eigenvalue weighted by molar-refractivity contribution is 1.01. The second-order valence-corrected chi connectivity index (χ2v) is 4.42. The Balaban J connectivity index is 2.31. The first-order valence-electron chi connectivity index (χ1n) is 4.72. The molecule has 78 valence electrons. The van der Waals surface area contributed by atoms with Gasteiger partial charge in [0.15, 0.2) is 0 Å². The van der Waals surface area contributed by atoms with E-state index >= 15 is 0 Å². The zero-order valence-corrected chi connectivity index (χ0v) is 9.89. The topological polar surface area (TPSA) is 3.24 Å². The lowest BCUT2D eigenvalue weighted by Crippen LogP contribution is -2.20. The highest BCUT2D eigenvalue weighted by Gasteiger charge is 2.10. The van der Waals surface area contributed by atoms with Crippen molar-refractivity contribution in [3.8, 4) is 0 Å². The Labute approximate surface area is 99.6 Å². The maximum atomic E-state index is 6.13. The smallest absolute Gasteiger partial charge is 0.0657 e. The summed E-state index contributed by atoms with van der Waals surface area (Å²) in [6.45, 7) is 2.97. The van der Waals surface area contributed by atoms with Gasteiger partial charge in [0.25, 0.3) is 0 Å². The molecule has 0 aliphatic carbocycles. The van der Waals surface area contributed by atoms with Crippen LogP contribution in [0.15, 0.2) is 42.1 Å². The molecule has 0 saturated carbocycles. The molecule has 0 aromatic heterocycles. The highest BCUT2D eigenvalue weighted by Crippen LogP contribution is 2.30. The van der Waals surface area contributed by atoms with E-state index in [9.17, 15) is 0 Å². The fraction of sp³-hybridized carbons (Fsp3) is 0.167. The second-order valence-electron chi connectivity index (χ2n) is 3.58. The van der Waals surface area contributed by atoms with Gasteiger partial charge >= 0.3 is 0 Å². The monoisotopic (exact) mass is 239 g/mol. The van der Waals surface area contributed by atoms with Crippen molar-refractivity contribution in [3.63, 3.8) is 0 Å². The molecule has 0 spiro atoms. The van der Waals surface area contributed by atoms with Gasteiger partial charge in [0.05, 0.1) is 10.7 Å². The minimum Gasteiger partial charge on any atom is -0.343 e. The van der Waals surface area contributed by atoms with E-state index in [-0.39, 0.29) is 0 Å². The molecule has 1 aliphatic heterocycles. The van der Waals surface area contributed by atoms with Crippen LogP contribution in [0.1, 0.15) is 6.92 Å². The molecular weight excluding hydrogens is 229 g/mol. The number of nitrogens with zero attached hydrogens (tertiary/aromatic N) is 1.